The second-order valence-corrected chi connectivity index (χ2v) is 6.97. The fraction of sp³-hybridized carbons (Fsp3) is 0.286. The first-order chi connectivity index (χ1) is 13.4. The largest absolute Gasteiger partial charge is 0.396 e. The highest BCUT2D eigenvalue weighted by Crippen LogP contribution is 2.42. The lowest BCUT2D eigenvalue weighted by Gasteiger charge is -2.05. The molecule has 0 unspecified atom stereocenters. The van der Waals surface area contributed by atoms with Crippen molar-refractivity contribution in [1.82, 2.24) is 10.2 Å². The van der Waals surface area contributed by atoms with Crippen LogP contribution in [0.1, 0.15) is 43.7 Å². The molecular formula is C21H23Cl2F2N3. The molecule has 28 heavy (non-hydrogen) atoms. The van der Waals surface area contributed by atoms with Crippen molar-refractivity contribution in [2.24, 2.45) is 0 Å². The zero-order chi connectivity index (χ0) is 20.8. The van der Waals surface area contributed by atoms with Crippen LogP contribution in [-0.4, -0.2) is 10.2 Å². The molecule has 0 atom stereocenters. The predicted molar refractivity (Wildman–Crippen MR) is 113 cm³/mol. The highest BCUT2D eigenvalue weighted by Gasteiger charge is 2.26. The van der Waals surface area contributed by atoms with E-state index in [1.54, 1.807) is 31.5 Å². The fourth-order valence-electron chi connectivity index (χ4n) is 2.72. The number of nitrogens with one attached hydrogen (secondary N) is 1. The van der Waals surface area contributed by atoms with Crippen LogP contribution in [0.2, 0.25) is 10.0 Å². The van der Waals surface area contributed by atoms with E-state index in [0.717, 1.165) is 16.7 Å². The molecule has 0 bridgehead atoms. The molecule has 1 aliphatic carbocycles. The lowest BCUT2D eigenvalue weighted by Crippen LogP contribution is -1.94. The van der Waals surface area contributed by atoms with Crippen molar-refractivity contribution in [1.29, 1.82) is 0 Å². The maximum atomic E-state index is 13.3. The normalized spacial score (nSPS) is 12.5. The third kappa shape index (κ3) is 5.03. The molecule has 3 nitrogen and oxygen atoms in total. The minimum absolute atomic E-state index is 0.0229. The molecule has 1 saturated carbocycles. The SMILES string of the molecule is CC.Cc1c(C2CC2)ccc(Cl)c1F.Nc1c(-c2cn[nH]c2)ccc(Cl)c1F. The van der Waals surface area contributed by atoms with Crippen molar-refractivity contribution in [2.45, 2.75) is 39.5 Å². The first-order valence-electron chi connectivity index (χ1n) is 9.07. The van der Waals surface area contributed by atoms with Crippen molar-refractivity contribution in [3.8, 4) is 11.1 Å². The number of nitrogens with two attached hydrogens (primary N) is 1. The van der Waals surface area contributed by atoms with Crippen LogP contribution in [-0.2, 0) is 0 Å². The number of aromatic amines is 1. The van der Waals surface area contributed by atoms with Crippen molar-refractivity contribution in [3.05, 3.63) is 69.5 Å². The summed E-state index contributed by atoms with van der Waals surface area (Å²) >= 11 is 11.2. The van der Waals surface area contributed by atoms with Crippen molar-refractivity contribution in [2.75, 3.05) is 5.73 Å². The number of anilines is 1. The number of hydrogen-bond acceptors (Lipinski definition) is 2. The monoisotopic (exact) mass is 425 g/mol. The number of hydrogen-bond donors (Lipinski definition) is 2. The first kappa shape index (κ1) is 22.2. The lowest BCUT2D eigenvalue weighted by atomic mass is 10.0. The van der Waals surface area contributed by atoms with Gasteiger partial charge in [0.05, 0.1) is 21.9 Å². The van der Waals surface area contributed by atoms with Crippen LogP contribution >= 0.6 is 23.2 Å². The summed E-state index contributed by atoms with van der Waals surface area (Å²) in [6.45, 7) is 5.80. The van der Waals surface area contributed by atoms with E-state index in [9.17, 15) is 8.78 Å². The molecule has 1 aliphatic rings. The van der Waals surface area contributed by atoms with Crippen LogP contribution in [0.5, 0.6) is 0 Å². The third-order valence-corrected chi connectivity index (χ3v) is 4.92. The van der Waals surface area contributed by atoms with Crippen LogP contribution in [0.15, 0.2) is 36.7 Å². The van der Waals surface area contributed by atoms with Gasteiger partial charge in [0.25, 0.3) is 0 Å². The van der Waals surface area contributed by atoms with Gasteiger partial charge in [0, 0.05) is 17.3 Å². The first-order valence-corrected chi connectivity index (χ1v) is 9.82. The van der Waals surface area contributed by atoms with E-state index >= 15 is 0 Å². The number of rotatable bonds is 2. The third-order valence-electron chi connectivity index (χ3n) is 4.34. The number of aromatic nitrogens is 2. The summed E-state index contributed by atoms with van der Waals surface area (Å²) in [5.74, 6) is -0.247. The summed E-state index contributed by atoms with van der Waals surface area (Å²) in [6.07, 6.45) is 5.60. The maximum Gasteiger partial charge on any atom is 0.165 e. The van der Waals surface area contributed by atoms with Gasteiger partial charge in [-0.2, -0.15) is 5.10 Å². The minimum atomic E-state index is -0.592. The Morgan fingerprint density at radius 3 is 2.21 bits per heavy atom. The number of benzene rings is 2. The lowest BCUT2D eigenvalue weighted by molar-refractivity contribution is 0.616. The quantitative estimate of drug-likeness (QED) is 0.428. The van der Waals surface area contributed by atoms with Crippen molar-refractivity contribution >= 4 is 28.9 Å². The molecule has 2 aromatic carbocycles. The summed E-state index contributed by atoms with van der Waals surface area (Å²) in [5, 5.41) is 6.64. The number of nitrogens with zero attached hydrogens (tertiary/aromatic N) is 1. The minimum Gasteiger partial charge on any atom is -0.396 e. The predicted octanol–water partition coefficient (Wildman–Crippen LogP) is 7.14. The Bertz CT molecular complexity index is 924. The fourth-order valence-corrected chi connectivity index (χ4v) is 3.09. The highest BCUT2D eigenvalue weighted by atomic mass is 35.5. The Kier molecular flexibility index (Phi) is 7.84. The molecule has 0 spiro atoms. The number of halogens is 4. The number of nitrogen functional groups attached to an aromatic ring is 1. The molecule has 0 aliphatic heterocycles. The standard InChI is InChI=1S/C10H10ClF.C9H7ClFN3.C2H6/c1-6-8(7-2-3-7)4-5-9(11)10(6)12;10-7-2-1-6(9(12)8(7)11)5-3-13-14-4-5;1-2/h4-5,7H,2-3H2,1H3;1-4H,12H2,(H,13,14);1-2H3. The summed E-state index contributed by atoms with van der Waals surface area (Å²) in [5.41, 5.74) is 8.80. The topological polar surface area (TPSA) is 54.7 Å². The summed E-state index contributed by atoms with van der Waals surface area (Å²) in [4.78, 5) is 0. The Balaban J connectivity index is 0.000000186. The van der Waals surface area contributed by atoms with Crippen LogP contribution < -0.4 is 5.73 Å². The van der Waals surface area contributed by atoms with E-state index < -0.39 is 5.82 Å². The van der Waals surface area contributed by atoms with Crippen molar-refractivity contribution < 1.29 is 8.78 Å². The maximum absolute atomic E-state index is 13.3. The van der Waals surface area contributed by atoms with Gasteiger partial charge in [0.2, 0.25) is 0 Å². The van der Waals surface area contributed by atoms with E-state index in [4.69, 9.17) is 28.9 Å². The zero-order valence-electron chi connectivity index (χ0n) is 16.0. The van der Waals surface area contributed by atoms with E-state index in [-0.39, 0.29) is 21.5 Å². The molecule has 1 fully saturated rings. The van der Waals surface area contributed by atoms with Gasteiger partial charge in [-0.15, -0.1) is 0 Å². The van der Waals surface area contributed by atoms with Crippen LogP contribution in [0, 0.1) is 18.6 Å². The zero-order valence-corrected chi connectivity index (χ0v) is 17.5. The summed E-state index contributed by atoms with van der Waals surface area (Å²) in [6, 6.07) is 6.72. The van der Waals surface area contributed by atoms with E-state index in [0.29, 0.717) is 11.5 Å². The van der Waals surface area contributed by atoms with E-state index in [2.05, 4.69) is 10.2 Å². The second-order valence-electron chi connectivity index (χ2n) is 6.16. The van der Waals surface area contributed by atoms with Gasteiger partial charge in [0.15, 0.2) is 5.82 Å². The van der Waals surface area contributed by atoms with Gasteiger partial charge in [-0.3, -0.25) is 5.10 Å². The molecule has 0 radical (unpaired) electrons. The van der Waals surface area contributed by atoms with Gasteiger partial charge >= 0.3 is 0 Å². The summed E-state index contributed by atoms with van der Waals surface area (Å²) < 4.78 is 26.5. The molecule has 3 N–H and O–H groups in total. The molecule has 3 aromatic rings. The Morgan fingerprint density at radius 1 is 1.04 bits per heavy atom. The van der Waals surface area contributed by atoms with Gasteiger partial charge in [0.1, 0.15) is 5.82 Å². The van der Waals surface area contributed by atoms with Gasteiger partial charge in [-0.1, -0.05) is 49.2 Å². The van der Waals surface area contributed by atoms with Gasteiger partial charge in [-0.25, -0.2) is 8.78 Å². The number of H-pyrrole nitrogens is 1. The molecule has 1 heterocycles. The van der Waals surface area contributed by atoms with Crippen LogP contribution in [0.3, 0.4) is 0 Å². The van der Waals surface area contributed by atoms with Gasteiger partial charge < -0.3 is 5.73 Å². The Hall–Kier alpha value is -2.11. The smallest absolute Gasteiger partial charge is 0.165 e. The van der Waals surface area contributed by atoms with Crippen LogP contribution in [0.4, 0.5) is 14.5 Å². The van der Waals surface area contributed by atoms with E-state index in [1.807, 2.05) is 19.9 Å². The van der Waals surface area contributed by atoms with Gasteiger partial charge in [-0.05, 0) is 48.9 Å². The molecule has 4 rings (SSSR count). The Morgan fingerprint density at radius 2 is 1.64 bits per heavy atom. The Labute approximate surface area is 173 Å². The van der Waals surface area contributed by atoms with E-state index in [1.165, 1.54) is 18.9 Å². The highest BCUT2D eigenvalue weighted by molar-refractivity contribution is 6.31. The average molecular weight is 426 g/mol. The molecule has 1 aromatic heterocycles. The molecule has 0 saturated heterocycles. The molecule has 7 heteroatoms. The molecular weight excluding hydrogens is 403 g/mol. The average Bonchev–Trinajstić information content (AvgIpc) is 3.40. The second kappa shape index (κ2) is 9.89. The van der Waals surface area contributed by atoms with Crippen molar-refractivity contribution in [3.63, 3.8) is 0 Å². The van der Waals surface area contributed by atoms with Crippen LogP contribution in [0.25, 0.3) is 11.1 Å². The molecule has 150 valence electrons. The summed E-state index contributed by atoms with van der Waals surface area (Å²) in [7, 11) is 0. The molecule has 0 amide bonds.